The van der Waals surface area contributed by atoms with Gasteiger partial charge in [0, 0.05) is 11.3 Å². The van der Waals surface area contributed by atoms with E-state index in [2.05, 4.69) is 20.8 Å². The summed E-state index contributed by atoms with van der Waals surface area (Å²) in [6, 6.07) is 0. The lowest BCUT2D eigenvalue weighted by Crippen LogP contribution is -2.62. The fraction of sp³-hybridized carbons (Fsp3) is 0.900. The second-order valence-electron chi connectivity index (χ2n) is 14.6. The van der Waals surface area contributed by atoms with Gasteiger partial charge in [0.1, 0.15) is 0 Å². The highest BCUT2D eigenvalue weighted by Gasteiger charge is 2.71. The first-order valence-corrected chi connectivity index (χ1v) is 14.5. The van der Waals surface area contributed by atoms with Crippen LogP contribution in [0.5, 0.6) is 0 Å². The predicted molar refractivity (Wildman–Crippen MR) is 140 cm³/mol. The van der Waals surface area contributed by atoms with E-state index in [1.165, 1.54) is 0 Å². The fourth-order valence-corrected chi connectivity index (χ4v) is 9.53. The van der Waals surface area contributed by atoms with Gasteiger partial charge in [0.15, 0.2) is 11.6 Å². The molecule has 0 bridgehead atoms. The molecule has 1 aliphatic heterocycles. The molecule has 0 unspecified atom stereocenters. The van der Waals surface area contributed by atoms with Crippen LogP contribution < -0.4 is 0 Å². The van der Waals surface area contributed by atoms with Crippen LogP contribution in [0, 0.1) is 28.6 Å². The molecule has 4 fully saturated rings. The topological polar surface area (TPSA) is 137 Å². The van der Waals surface area contributed by atoms with Crippen molar-refractivity contribution >= 4 is 5.78 Å². The van der Waals surface area contributed by atoms with Gasteiger partial charge in [-0.1, -0.05) is 13.8 Å². The number of hydrogen-bond donors (Lipinski definition) is 5. The van der Waals surface area contributed by atoms with Crippen molar-refractivity contribution in [3.63, 3.8) is 0 Å². The molecule has 0 amide bonds. The third-order valence-corrected chi connectivity index (χ3v) is 11.6. The van der Waals surface area contributed by atoms with Crippen LogP contribution in [0.3, 0.4) is 0 Å². The van der Waals surface area contributed by atoms with Gasteiger partial charge in [0.25, 0.3) is 0 Å². The van der Waals surface area contributed by atoms with E-state index in [1.807, 2.05) is 13.8 Å². The molecule has 0 aromatic heterocycles. The fourth-order valence-electron chi connectivity index (χ4n) is 9.53. The number of fused-ring (bicyclic) bond motifs is 5. The van der Waals surface area contributed by atoms with E-state index in [0.29, 0.717) is 32.1 Å². The summed E-state index contributed by atoms with van der Waals surface area (Å²) in [5, 5.41) is 53.5. The Kier molecular flexibility index (Phi) is 6.64. The SMILES string of the molecule is CC1(C)O[C@H](CC[C@@](C)(O)CO)[C@@](C)([C@H]2CC[C@@]3(O)C4=CC(=O)[C@@H]5C[C@@H](O)[C@@H](O)C[C@]5(C)[C@H]4CC[C@]23C)O1. The molecule has 11 atom stereocenters. The molecule has 0 radical (unpaired) electrons. The van der Waals surface area contributed by atoms with Crippen LogP contribution in [0.1, 0.15) is 92.9 Å². The quantitative estimate of drug-likeness (QED) is 0.362. The van der Waals surface area contributed by atoms with E-state index < -0.39 is 45.6 Å². The van der Waals surface area contributed by atoms with E-state index in [0.717, 1.165) is 18.4 Å². The average molecular weight is 537 g/mol. The number of carbonyl (C=O) groups excluding carboxylic acids is 1. The van der Waals surface area contributed by atoms with Gasteiger partial charge in [-0.3, -0.25) is 4.79 Å². The summed E-state index contributed by atoms with van der Waals surface area (Å²) in [6.45, 7) is 11.3. The highest BCUT2D eigenvalue weighted by Crippen LogP contribution is 2.69. The lowest BCUT2D eigenvalue weighted by molar-refractivity contribution is -0.191. The van der Waals surface area contributed by atoms with Gasteiger partial charge in [-0.25, -0.2) is 0 Å². The lowest BCUT2D eigenvalue weighted by atomic mass is 9.45. The molecule has 1 heterocycles. The maximum Gasteiger partial charge on any atom is 0.164 e. The zero-order chi connectivity index (χ0) is 28.1. The maximum absolute atomic E-state index is 13.5. The molecule has 3 saturated carbocycles. The molecule has 38 heavy (non-hydrogen) atoms. The summed E-state index contributed by atoms with van der Waals surface area (Å²) in [5.74, 6) is -1.34. The van der Waals surface area contributed by atoms with Gasteiger partial charge in [0.2, 0.25) is 0 Å². The third kappa shape index (κ3) is 4.00. The predicted octanol–water partition coefficient (Wildman–Crippen LogP) is 2.62. The second-order valence-corrected chi connectivity index (χ2v) is 14.6. The van der Waals surface area contributed by atoms with E-state index >= 15 is 0 Å². The van der Waals surface area contributed by atoms with Gasteiger partial charge in [-0.15, -0.1) is 0 Å². The highest BCUT2D eigenvalue weighted by atomic mass is 16.8. The number of aliphatic hydroxyl groups is 5. The number of ether oxygens (including phenoxy) is 2. The molecule has 8 nitrogen and oxygen atoms in total. The van der Waals surface area contributed by atoms with E-state index in [4.69, 9.17) is 9.47 Å². The first kappa shape index (κ1) is 28.7. The smallest absolute Gasteiger partial charge is 0.164 e. The molecular weight excluding hydrogens is 488 g/mol. The van der Waals surface area contributed by atoms with Crippen molar-refractivity contribution < 1.29 is 39.8 Å². The van der Waals surface area contributed by atoms with Crippen LogP contribution in [-0.2, 0) is 14.3 Å². The highest BCUT2D eigenvalue weighted by molar-refractivity contribution is 5.95. The summed E-state index contributed by atoms with van der Waals surface area (Å²) in [6.07, 6.45) is 3.77. The van der Waals surface area contributed by atoms with Crippen LogP contribution in [0.25, 0.3) is 0 Å². The summed E-state index contributed by atoms with van der Waals surface area (Å²) in [5.41, 5.74) is -3.42. The van der Waals surface area contributed by atoms with Crippen molar-refractivity contribution in [3.8, 4) is 0 Å². The van der Waals surface area contributed by atoms with Crippen molar-refractivity contribution in [1.82, 2.24) is 0 Å². The molecule has 4 aliphatic carbocycles. The molecule has 0 spiro atoms. The monoisotopic (exact) mass is 536 g/mol. The normalized spacial score (nSPS) is 51.6. The summed E-state index contributed by atoms with van der Waals surface area (Å²) >= 11 is 0. The minimum atomic E-state index is -1.22. The minimum Gasteiger partial charge on any atom is -0.393 e. The Balaban J connectivity index is 1.49. The van der Waals surface area contributed by atoms with Gasteiger partial charge in [-0.05, 0) is 108 Å². The number of ketones is 1. The van der Waals surface area contributed by atoms with Gasteiger partial charge >= 0.3 is 0 Å². The molecule has 216 valence electrons. The molecule has 8 heteroatoms. The first-order valence-electron chi connectivity index (χ1n) is 14.5. The number of carbonyl (C=O) groups is 1. The Morgan fingerprint density at radius 2 is 1.74 bits per heavy atom. The number of hydrogen-bond acceptors (Lipinski definition) is 8. The zero-order valence-corrected chi connectivity index (χ0v) is 23.9. The molecular formula is C30H48O8. The van der Waals surface area contributed by atoms with E-state index in [9.17, 15) is 30.3 Å². The van der Waals surface area contributed by atoms with Crippen LogP contribution in [0.4, 0.5) is 0 Å². The first-order chi connectivity index (χ1) is 17.4. The second kappa shape index (κ2) is 8.81. The van der Waals surface area contributed by atoms with E-state index in [1.54, 1.807) is 13.0 Å². The number of aliphatic hydroxyl groups excluding tert-OH is 3. The molecule has 1 saturated heterocycles. The Hall–Kier alpha value is -0.870. The Morgan fingerprint density at radius 3 is 2.39 bits per heavy atom. The van der Waals surface area contributed by atoms with Crippen LogP contribution in [-0.4, -0.2) is 78.8 Å². The van der Waals surface area contributed by atoms with Crippen molar-refractivity contribution in [1.29, 1.82) is 0 Å². The van der Waals surface area contributed by atoms with Gasteiger partial charge in [-0.2, -0.15) is 0 Å². The standard InChI is InChI=1S/C30H48O8/c1-25(2)37-24(9-10-26(3,35)16-31)29(6,38-25)23-8-12-30(36)18-13-20(32)19-14-21(33)22(34)15-27(19,4)17(18)7-11-28(23,30)5/h13,17,19,21-24,31,33-36H,7-12,14-16H2,1-6H3/t17-,19-,21+,22-,23-,24+,26+,27+,28+,29+,30+/m0/s1. The van der Waals surface area contributed by atoms with Crippen molar-refractivity contribution in [2.24, 2.45) is 28.6 Å². The zero-order valence-electron chi connectivity index (χ0n) is 23.9. The molecule has 5 N–H and O–H groups in total. The largest absolute Gasteiger partial charge is 0.393 e. The van der Waals surface area contributed by atoms with E-state index in [-0.39, 0.29) is 42.7 Å². The van der Waals surface area contributed by atoms with Gasteiger partial charge in [0.05, 0.1) is 41.7 Å². The summed E-state index contributed by atoms with van der Waals surface area (Å²) in [7, 11) is 0. The Morgan fingerprint density at radius 1 is 1.05 bits per heavy atom. The lowest BCUT2D eigenvalue weighted by Gasteiger charge is -2.60. The minimum absolute atomic E-state index is 0.0374. The van der Waals surface area contributed by atoms with Crippen LogP contribution in [0.2, 0.25) is 0 Å². The van der Waals surface area contributed by atoms with Crippen molar-refractivity contribution in [2.45, 2.75) is 134 Å². The molecule has 5 aliphatic rings. The summed E-state index contributed by atoms with van der Waals surface area (Å²) in [4.78, 5) is 13.5. The number of rotatable bonds is 5. The van der Waals surface area contributed by atoms with Crippen molar-refractivity contribution in [3.05, 3.63) is 11.6 Å². The maximum atomic E-state index is 13.5. The molecule has 0 aromatic rings. The average Bonchev–Trinajstić information content (AvgIpc) is 3.23. The van der Waals surface area contributed by atoms with Crippen LogP contribution >= 0.6 is 0 Å². The van der Waals surface area contributed by atoms with Crippen molar-refractivity contribution in [2.75, 3.05) is 6.61 Å². The number of allylic oxidation sites excluding steroid dienone is 1. The Bertz CT molecular complexity index is 1010. The molecule has 0 aromatic carbocycles. The summed E-state index contributed by atoms with van der Waals surface area (Å²) < 4.78 is 13.0. The molecule has 5 rings (SSSR count). The third-order valence-electron chi connectivity index (χ3n) is 11.6. The van der Waals surface area contributed by atoms with Gasteiger partial charge < -0.3 is 35.0 Å². The Labute approximate surface area is 226 Å². The van der Waals surface area contributed by atoms with Crippen LogP contribution in [0.15, 0.2) is 11.6 Å².